The lowest BCUT2D eigenvalue weighted by molar-refractivity contribution is -0.137. The highest BCUT2D eigenvalue weighted by atomic mass is 19.4. The van der Waals surface area contributed by atoms with Gasteiger partial charge >= 0.3 is 11.9 Å². The lowest BCUT2D eigenvalue weighted by Crippen LogP contribution is -2.47. The zero-order chi connectivity index (χ0) is 25.7. The Kier molecular flexibility index (Phi) is 7.65. The fourth-order valence-corrected chi connectivity index (χ4v) is 3.80. The minimum absolute atomic E-state index is 0.0773. The maximum atomic E-state index is 13.2. The van der Waals surface area contributed by atoms with E-state index in [1.165, 1.54) is 12.1 Å². The number of carbonyl (C=O) groups excluding carboxylic acids is 1. The molecule has 2 heterocycles. The third-order valence-corrected chi connectivity index (χ3v) is 5.69. The quantitative estimate of drug-likeness (QED) is 0.525. The number of nitrogens with zero attached hydrogens (tertiary/aromatic N) is 4. The van der Waals surface area contributed by atoms with Crippen molar-refractivity contribution in [1.29, 1.82) is 0 Å². The Morgan fingerprint density at radius 1 is 1.03 bits per heavy atom. The second kappa shape index (κ2) is 10.9. The first kappa shape index (κ1) is 25.3. The van der Waals surface area contributed by atoms with E-state index in [-0.39, 0.29) is 12.1 Å². The summed E-state index contributed by atoms with van der Waals surface area (Å²) in [6, 6.07) is 12.5. The van der Waals surface area contributed by atoms with E-state index in [9.17, 15) is 27.6 Å². The first-order valence-corrected chi connectivity index (χ1v) is 11.3. The number of carbonyl (C=O) groups is 1. The summed E-state index contributed by atoms with van der Waals surface area (Å²) in [5, 5.41) is 6.66. The first-order chi connectivity index (χ1) is 17.2. The van der Waals surface area contributed by atoms with Crippen LogP contribution in [0.2, 0.25) is 0 Å². The van der Waals surface area contributed by atoms with Crippen LogP contribution in [0.1, 0.15) is 21.6 Å². The minimum atomic E-state index is -4.59. The van der Waals surface area contributed by atoms with Gasteiger partial charge in [-0.15, -0.1) is 0 Å². The molecule has 1 saturated heterocycles. The fraction of sp³-hybridized carbons (Fsp3) is 0.333. The van der Waals surface area contributed by atoms with Crippen LogP contribution in [0, 0.1) is 0 Å². The summed E-state index contributed by atoms with van der Waals surface area (Å²) in [5.74, 6) is -0.782. The van der Waals surface area contributed by atoms with Gasteiger partial charge in [-0.05, 0) is 29.8 Å². The van der Waals surface area contributed by atoms with Crippen LogP contribution in [0.5, 0.6) is 0 Å². The van der Waals surface area contributed by atoms with E-state index in [0.717, 1.165) is 29.9 Å². The molecule has 0 atom stereocenters. The molecule has 0 bridgehead atoms. The number of morpholine rings is 1. The summed E-state index contributed by atoms with van der Waals surface area (Å²) in [7, 11) is 0. The van der Waals surface area contributed by atoms with Gasteiger partial charge in [0.15, 0.2) is 0 Å². The van der Waals surface area contributed by atoms with Crippen molar-refractivity contribution in [1.82, 2.24) is 24.6 Å². The SMILES string of the molecule is O=C(NCCN1CCOCC1)c1nn(-c2ccccc2)c(=O)n(Cc2cccc(C(F)(F)F)c2)c1=O. The number of rotatable bonds is 7. The second-order valence-corrected chi connectivity index (χ2v) is 8.18. The third-order valence-electron chi connectivity index (χ3n) is 5.69. The molecule has 1 amide bonds. The molecule has 2 aromatic carbocycles. The van der Waals surface area contributed by atoms with E-state index < -0.39 is 41.1 Å². The van der Waals surface area contributed by atoms with Crippen LogP contribution in [0.15, 0.2) is 64.2 Å². The van der Waals surface area contributed by atoms with E-state index in [4.69, 9.17) is 4.74 Å². The summed E-state index contributed by atoms with van der Waals surface area (Å²) in [5.41, 5.74) is -2.95. The Morgan fingerprint density at radius 2 is 1.75 bits per heavy atom. The van der Waals surface area contributed by atoms with Crippen molar-refractivity contribution in [2.24, 2.45) is 0 Å². The van der Waals surface area contributed by atoms with E-state index in [1.807, 2.05) is 0 Å². The number of aromatic nitrogens is 3. The van der Waals surface area contributed by atoms with Gasteiger partial charge in [0.1, 0.15) is 0 Å². The molecule has 1 aromatic heterocycles. The van der Waals surface area contributed by atoms with Crippen LogP contribution >= 0.6 is 0 Å². The Morgan fingerprint density at radius 3 is 2.44 bits per heavy atom. The average molecular weight is 503 g/mol. The molecule has 0 unspecified atom stereocenters. The smallest absolute Gasteiger partial charge is 0.379 e. The van der Waals surface area contributed by atoms with Crippen LogP contribution < -0.4 is 16.6 Å². The first-order valence-electron chi connectivity index (χ1n) is 11.3. The molecule has 0 spiro atoms. The predicted octanol–water partition coefficient (Wildman–Crippen LogP) is 1.52. The summed E-state index contributed by atoms with van der Waals surface area (Å²) < 4.78 is 46.4. The molecule has 1 aliphatic heterocycles. The summed E-state index contributed by atoms with van der Waals surface area (Å²) in [6.45, 7) is 2.93. The van der Waals surface area contributed by atoms with E-state index in [2.05, 4.69) is 15.3 Å². The molecule has 0 saturated carbocycles. The molecule has 1 fully saturated rings. The van der Waals surface area contributed by atoms with Gasteiger partial charge in [-0.3, -0.25) is 19.1 Å². The topological polar surface area (TPSA) is 98.5 Å². The van der Waals surface area contributed by atoms with Gasteiger partial charge in [0.05, 0.1) is 31.0 Å². The van der Waals surface area contributed by atoms with E-state index in [0.29, 0.717) is 30.0 Å². The standard InChI is InChI=1S/C24H24F3N5O4/c25-24(26,27)18-6-4-5-17(15-18)16-31-22(34)20(21(33)28-9-10-30-11-13-36-14-12-30)29-32(23(31)35)19-7-2-1-3-8-19/h1-8,15H,9-14,16H2,(H,28,33). The molecular formula is C24H24F3N5O4. The molecule has 9 nitrogen and oxygen atoms in total. The van der Waals surface area contributed by atoms with Gasteiger partial charge < -0.3 is 10.1 Å². The lowest BCUT2D eigenvalue weighted by atomic mass is 10.1. The zero-order valence-corrected chi connectivity index (χ0v) is 19.2. The van der Waals surface area contributed by atoms with E-state index >= 15 is 0 Å². The highest BCUT2D eigenvalue weighted by Crippen LogP contribution is 2.29. The molecule has 1 N–H and O–H groups in total. The maximum Gasteiger partial charge on any atom is 0.416 e. The van der Waals surface area contributed by atoms with Crippen LogP contribution in [0.3, 0.4) is 0 Å². The number of ether oxygens (including phenoxy) is 1. The number of nitrogens with one attached hydrogen (secondary N) is 1. The van der Waals surface area contributed by atoms with Crippen LogP contribution in [-0.2, 0) is 17.5 Å². The second-order valence-electron chi connectivity index (χ2n) is 8.18. The van der Waals surface area contributed by atoms with Crippen molar-refractivity contribution in [2.75, 3.05) is 39.4 Å². The molecule has 190 valence electrons. The maximum absolute atomic E-state index is 13.2. The number of alkyl halides is 3. The van der Waals surface area contributed by atoms with Crippen molar-refractivity contribution in [2.45, 2.75) is 12.7 Å². The minimum Gasteiger partial charge on any atom is -0.379 e. The van der Waals surface area contributed by atoms with Crippen LogP contribution in [-0.4, -0.2) is 64.5 Å². The van der Waals surface area contributed by atoms with Gasteiger partial charge in [0.2, 0.25) is 5.69 Å². The van der Waals surface area contributed by atoms with Crippen molar-refractivity contribution in [3.8, 4) is 5.69 Å². The third kappa shape index (κ3) is 5.89. The Labute approximate surface area is 203 Å². The van der Waals surface area contributed by atoms with Gasteiger partial charge in [-0.25, -0.2) is 4.79 Å². The number of hydrogen-bond donors (Lipinski definition) is 1. The molecule has 0 radical (unpaired) electrons. The summed E-state index contributed by atoms with van der Waals surface area (Å²) in [4.78, 5) is 41.3. The normalized spacial score (nSPS) is 14.5. The fourth-order valence-electron chi connectivity index (χ4n) is 3.80. The summed E-state index contributed by atoms with van der Waals surface area (Å²) >= 11 is 0. The number of halogens is 3. The zero-order valence-electron chi connectivity index (χ0n) is 19.2. The number of hydrogen-bond acceptors (Lipinski definition) is 6. The Hall–Kier alpha value is -3.77. The van der Waals surface area contributed by atoms with Crippen molar-refractivity contribution < 1.29 is 22.7 Å². The van der Waals surface area contributed by atoms with Crippen LogP contribution in [0.4, 0.5) is 13.2 Å². The molecule has 0 aliphatic carbocycles. The Balaban J connectivity index is 1.67. The molecule has 3 aromatic rings. The molecule has 1 aliphatic rings. The largest absolute Gasteiger partial charge is 0.416 e. The van der Waals surface area contributed by atoms with Gasteiger partial charge in [-0.1, -0.05) is 30.3 Å². The molecule has 12 heteroatoms. The van der Waals surface area contributed by atoms with Crippen molar-refractivity contribution in [3.05, 3.63) is 92.3 Å². The van der Waals surface area contributed by atoms with E-state index in [1.54, 1.807) is 30.3 Å². The lowest BCUT2D eigenvalue weighted by Gasteiger charge is -2.26. The Bertz CT molecular complexity index is 1330. The van der Waals surface area contributed by atoms with Gasteiger partial charge in [-0.2, -0.15) is 23.0 Å². The molecular weight excluding hydrogens is 479 g/mol. The number of benzene rings is 2. The molecule has 36 heavy (non-hydrogen) atoms. The van der Waals surface area contributed by atoms with Crippen molar-refractivity contribution in [3.63, 3.8) is 0 Å². The van der Waals surface area contributed by atoms with Crippen LogP contribution in [0.25, 0.3) is 5.69 Å². The highest BCUT2D eigenvalue weighted by molar-refractivity contribution is 5.91. The van der Waals surface area contributed by atoms with Gasteiger partial charge in [0, 0.05) is 26.2 Å². The van der Waals surface area contributed by atoms with Gasteiger partial charge in [0.25, 0.3) is 11.5 Å². The number of para-hydroxylation sites is 1. The predicted molar refractivity (Wildman–Crippen MR) is 124 cm³/mol. The number of amides is 1. The highest BCUT2D eigenvalue weighted by Gasteiger charge is 2.30. The monoisotopic (exact) mass is 503 g/mol. The van der Waals surface area contributed by atoms with Crippen molar-refractivity contribution >= 4 is 5.91 Å². The summed E-state index contributed by atoms with van der Waals surface area (Å²) in [6.07, 6.45) is -4.59. The molecule has 4 rings (SSSR count). The average Bonchev–Trinajstić information content (AvgIpc) is 2.87.